The van der Waals surface area contributed by atoms with Crippen molar-refractivity contribution >= 4 is 5.69 Å². The monoisotopic (exact) mass is 347 g/mol. The molecule has 0 saturated carbocycles. The van der Waals surface area contributed by atoms with Crippen molar-refractivity contribution in [3.8, 4) is 17.1 Å². The van der Waals surface area contributed by atoms with Crippen LogP contribution < -0.4 is 10.1 Å². The van der Waals surface area contributed by atoms with E-state index in [4.69, 9.17) is 9.72 Å². The van der Waals surface area contributed by atoms with Crippen LogP contribution in [0, 0.1) is 27.7 Å². The highest BCUT2D eigenvalue weighted by atomic mass is 16.5. The van der Waals surface area contributed by atoms with Crippen LogP contribution in [0.25, 0.3) is 11.3 Å². The lowest BCUT2D eigenvalue weighted by molar-refractivity contribution is 0.291. The van der Waals surface area contributed by atoms with Crippen molar-refractivity contribution in [3.63, 3.8) is 0 Å². The molecule has 2 heterocycles. The average molecular weight is 347 g/mol. The number of benzene rings is 1. The molecule has 0 amide bonds. The van der Waals surface area contributed by atoms with Gasteiger partial charge in [0.15, 0.2) is 0 Å². The van der Waals surface area contributed by atoms with E-state index in [1.807, 2.05) is 52.1 Å². The second-order valence-electron chi connectivity index (χ2n) is 6.55. The highest BCUT2D eigenvalue weighted by molar-refractivity contribution is 5.63. The van der Waals surface area contributed by atoms with E-state index < -0.39 is 0 Å². The molecule has 1 aromatic carbocycles. The topological polar surface area (TPSA) is 47.0 Å². The predicted octanol–water partition coefficient (Wildman–Crippen LogP) is 5.00. The third-order valence-corrected chi connectivity index (χ3v) is 4.55. The zero-order chi connectivity index (χ0) is 18.7. The highest BCUT2D eigenvalue weighted by Crippen LogP contribution is 2.28. The molecule has 0 spiro atoms. The highest BCUT2D eigenvalue weighted by Gasteiger charge is 2.12. The van der Waals surface area contributed by atoms with E-state index in [0.29, 0.717) is 12.5 Å². The Morgan fingerprint density at radius 3 is 2.42 bits per heavy atom. The van der Waals surface area contributed by atoms with E-state index in [-0.39, 0.29) is 0 Å². The molecule has 0 aliphatic heterocycles. The molecular formula is C22H25N3O. The molecule has 0 saturated heterocycles. The van der Waals surface area contributed by atoms with Crippen molar-refractivity contribution in [2.75, 3.05) is 12.4 Å². The number of pyridine rings is 2. The van der Waals surface area contributed by atoms with Crippen LogP contribution in [-0.2, 0) is 6.61 Å². The molecule has 4 nitrogen and oxygen atoms in total. The molecule has 4 heteroatoms. The largest absolute Gasteiger partial charge is 0.473 e. The molecule has 0 aliphatic carbocycles. The van der Waals surface area contributed by atoms with Crippen molar-refractivity contribution < 1.29 is 4.74 Å². The van der Waals surface area contributed by atoms with E-state index in [2.05, 4.69) is 35.4 Å². The number of nitrogens with one attached hydrogen (secondary N) is 1. The zero-order valence-electron chi connectivity index (χ0n) is 16.1. The maximum Gasteiger partial charge on any atom is 0.216 e. The summed E-state index contributed by atoms with van der Waals surface area (Å²) in [5, 5.41) is 3.23. The molecule has 0 aliphatic rings. The van der Waals surface area contributed by atoms with E-state index in [0.717, 1.165) is 39.5 Å². The van der Waals surface area contributed by atoms with E-state index in [1.165, 1.54) is 5.56 Å². The number of aryl methyl sites for hydroxylation is 4. The molecule has 1 N–H and O–H groups in total. The van der Waals surface area contributed by atoms with Crippen LogP contribution in [0.3, 0.4) is 0 Å². The summed E-state index contributed by atoms with van der Waals surface area (Å²) in [6, 6.07) is 14.3. The van der Waals surface area contributed by atoms with E-state index in [9.17, 15) is 0 Å². The molecule has 2 aromatic heterocycles. The Bertz CT molecular complexity index is 935. The van der Waals surface area contributed by atoms with Crippen LogP contribution in [0.15, 0.2) is 42.5 Å². The SMILES string of the molecule is CNc1cccc(C)c1COc1nc(C)c(-c2cccc(C)n2)cc1C. The van der Waals surface area contributed by atoms with Crippen molar-refractivity contribution in [3.05, 3.63) is 70.5 Å². The lowest BCUT2D eigenvalue weighted by Crippen LogP contribution is -2.05. The van der Waals surface area contributed by atoms with Gasteiger partial charge in [-0.2, -0.15) is 0 Å². The first-order valence-electron chi connectivity index (χ1n) is 8.81. The number of anilines is 1. The second-order valence-corrected chi connectivity index (χ2v) is 6.55. The molecular weight excluding hydrogens is 322 g/mol. The zero-order valence-corrected chi connectivity index (χ0v) is 16.1. The summed E-state index contributed by atoms with van der Waals surface area (Å²) in [4.78, 5) is 9.31. The second kappa shape index (κ2) is 7.56. The first-order chi connectivity index (χ1) is 12.5. The van der Waals surface area contributed by atoms with Gasteiger partial charge >= 0.3 is 0 Å². The minimum Gasteiger partial charge on any atom is -0.473 e. The Morgan fingerprint density at radius 1 is 0.923 bits per heavy atom. The lowest BCUT2D eigenvalue weighted by atomic mass is 10.1. The van der Waals surface area contributed by atoms with Gasteiger partial charge in [0.2, 0.25) is 5.88 Å². The summed E-state index contributed by atoms with van der Waals surface area (Å²) in [5.74, 6) is 0.671. The van der Waals surface area contributed by atoms with Crippen molar-refractivity contribution in [2.45, 2.75) is 34.3 Å². The van der Waals surface area contributed by atoms with Crippen LogP contribution in [0.5, 0.6) is 5.88 Å². The summed E-state index contributed by atoms with van der Waals surface area (Å²) in [6.07, 6.45) is 0. The molecule has 0 radical (unpaired) electrons. The fourth-order valence-corrected chi connectivity index (χ4v) is 3.05. The van der Waals surface area contributed by atoms with Gasteiger partial charge in [0.1, 0.15) is 6.61 Å². The Kier molecular flexibility index (Phi) is 5.21. The summed E-state index contributed by atoms with van der Waals surface area (Å²) >= 11 is 0. The third-order valence-electron chi connectivity index (χ3n) is 4.55. The van der Waals surface area contributed by atoms with Gasteiger partial charge in [-0.25, -0.2) is 4.98 Å². The lowest BCUT2D eigenvalue weighted by Gasteiger charge is -2.15. The normalized spacial score (nSPS) is 10.7. The molecule has 26 heavy (non-hydrogen) atoms. The summed E-state index contributed by atoms with van der Waals surface area (Å²) in [6.45, 7) is 8.60. The van der Waals surface area contributed by atoms with Crippen molar-refractivity contribution in [2.24, 2.45) is 0 Å². The summed E-state index contributed by atoms with van der Waals surface area (Å²) < 4.78 is 6.07. The number of hydrogen-bond donors (Lipinski definition) is 1. The van der Waals surface area contributed by atoms with Gasteiger partial charge in [-0.3, -0.25) is 4.98 Å². The standard InChI is InChI=1S/C22H25N3O/c1-14-8-6-10-20(23-5)19(14)13-26-22-15(2)12-18(17(4)25-22)21-11-7-9-16(3)24-21/h6-12,23H,13H2,1-5H3. The molecule has 0 atom stereocenters. The Labute approximate surface area is 155 Å². The van der Waals surface area contributed by atoms with Crippen LogP contribution in [-0.4, -0.2) is 17.0 Å². The van der Waals surface area contributed by atoms with Gasteiger partial charge in [0.05, 0.1) is 11.4 Å². The van der Waals surface area contributed by atoms with Crippen LogP contribution in [0.1, 0.15) is 28.1 Å². The number of hydrogen-bond acceptors (Lipinski definition) is 4. The third kappa shape index (κ3) is 3.69. The molecule has 134 valence electrons. The molecule has 0 unspecified atom stereocenters. The predicted molar refractivity (Wildman–Crippen MR) is 107 cm³/mol. The van der Waals surface area contributed by atoms with Gasteiger partial charge in [-0.1, -0.05) is 18.2 Å². The Hall–Kier alpha value is -2.88. The maximum atomic E-state index is 6.07. The van der Waals surface area contributed by atoms with Crippen LogP contribution >= 0.6 is 0 Å². The minimum absolute atomic E-state index is 0.484. The minimum atomic E-state index is 0.484. The fourth-order valence-electron chi connectivity index (χ4n) is 3.05. The summed E-state index contributed by atoms with van der Waals surface area (Å²) in [7, 11) is 1.93. The number of ether oxygens (including phenoxy) is 1. The van der Waals surface area contributed by atoms with Crippen LogP contribution in [0.4, 0.5) is 5.69 Å². The Morgan fingerprint density at radius 2 is 1.69 bits per heavy atom. The van der Waals surface area contributed by atoms with Gasteiger partial charge < -0.3 is 10.1 Å². The fraction of sp³-hybridized carbons (Fsp3) is 0.273. The molecule has 3 aromatic rings. The van der Waals surface area contributed by atoms with E-state index >= 15 is 0 Å². The van der Waals surface area contributed by atoms with Crippen LogP contribution in [0.2, 0.25) is 0 Å². The quantitative estimate of drug-likeness (QED) is 0.706. The van der Waals surface area contributed by atoms with Gasteiger partial charge in [0.25, 0.3) is 0 Å². The van der Waals surface area contributed by atoms with Crippen molar-refractivity contribution in [1.29, 1.82) is 0 Å². The first-order valence-corrected chi connectivity index (χ1v) is 8.81. The van der Waals surface area contributed by atoms with Crippen molar-refractivity contribution in [1.82, 2.24) is 9.97 Å². The average Bonchev–Trinajstić information content (AvgIpc) is 2.62. The molecule has 3 rings (SSSR count). The van der Waals surface area contributed by atoms with E-state index in [1.54, 1.807) is 0 Å². The number of rotatable bonds is 5. The molecule has 0 fully saturated rings. The van der Waals surface area contributed by atoms with Gasteiger partial charge in [-0.15, -0.1) is 0 Å². The van der Waals surface area contributed by atoms with Gasteiger partial charge in [-0.05, 0) is 57.5 Å². The number of aromatic nitrogens is 2. The maximum absolute atomic E-state index is 6.07. The molecule has 0 bridgehead atoms. The first kappa shape index (κ1) is 17.9. The van der Waals surface area contributed by atoms with Gasteiger partial charge in [0, 0.05) is 35.1 Å². The smallest absolute Gasteiger partial charge is 0.216 e. The summed E-state index contributed by atoms with van der Waals surface area (Å²) in [5.41, 5.74) is 8.35. The Balaban J connectivity index is 1.88. The number of nitrogens with zero attached hydrogens (tertiary/aromatic N) is 2.